The molecule has 0 atom stereocenters. The zero-order valence-electron chi connectivity index (χ0n) is 7.42. The van der Waals surface area contributed by atoms with E-state index in [1.807, 2.05) is 0 Å². The van der Waals surface area contributed by atoms with Crippen molar-refractivity contribution in [3.05, 3.63) is 29.2 Å². The highest BCUT2D eigenvalue weighted by Gasteiger charge is 2.12. The number of nitrogens with one attached hydrogen (secondary N) is 1. The molecule has 0 amide bonds. The first-order valence-electron chi connectivity index (χ1n) is 3.93. The molecule has 2 aromatic rings. The molecule has 2 rings (SSSR count). The highest BCUT2D eigenvalue weighted by Crippen LogP contribution is 2.37. The SMILES string of the molecule is O=c1[nH]c(-c2cc(Br)c(Br)s2)nc(O)c1Br. The number of thiophene rings is 1. The van der Waals surface area contributed by atoms with Crippen LogP contribution in [0.2, 0.25) is 0 Å². The van der Waals surface area contributed by atoms with Gasteiger partial charge in [0.1, 0.15) is 4.47 Å². The van der Waals surface area contributed by atoms with Crippen LogP contribution in [0.1, 0.15) is 0 Å². The summed E-state index contributed by atoms with van der Waals surface area (Å²) in [6.45, 7) is 0. The molecule has 0 aliphatic heterocycles. The summed E-state index contributed by atoms with van der Waals surface area (Å²) in [6.07, 6.45) is 0. The average Bonchev–Trinajstić information content (AvgIpc) is 2.55. The van der Waals surface area contributed by atoms with Crippen LogP contribution in [0, 0.1) is 0 Å². The Labute approximate surface area is 119 Å². The Morgan fingerprint density at radius 2 is 2.06 bits per heavy atom. The summed E-state index contributed by atoms with van der Waals surface area (Å²) in [5.41, 5.74) is -0.414. The van der Waals surface area contributed by atoms with Crippen LogP contribution in [0.4, 0.5) is 0 Å². The van der Waals surface area contributed by atoms with E-state index < -0.39 is 5.56 Å². The van der Waals surface area contributed by atoms with Crippen molar-refractivity contribution in [2.45, 2.75) is 0 Å². The van der Waals surface area contributed by atoms with Crippen LogP contribution in [0.5, 0.6) is 5.88 Å². The fourth-order valence-corrected chi connectivity index (χ4v) is 3.20. The Bertz CT molecular complexity index is 588. The monoisotopic (exact) mass is 428 g/mol. The maximum Gasteiger partial charge on any atom is 0.269 e. The first-order valence-corrected chi connectivity index (χ1v) is 7.12. The number of aromatic amines is 1. The molecule has 0 bridgehead atoms. The van der Waals surface area contributed by atoms with Gasteiger partial charge in [-0.15, -0.1) is 11.3 Å². The number of hydrogen-bond acceptors (Lipinski definition) is 4. The minimum absolute atomic E-state index is 0.0333. The summed E-state index contributed by atoms with van der Waals surface area (Å²) >= 11 is 11.0. The summed E-state index contributed by atoms with van der Waals surface area (Å²) in [6, 6.07) is 1.81. The van der Waals surface area contributed by atoms with Crippen molar-refractivity contribution in [1.82, 2.24) is 9.97 Å². The van der Waals surface area contributed by atoms with Crippen LogP contribution < -0.4 is 5.56 Å². The van der Waals surface area contributed by atoms with Gasteiger partial charge in [0.2, 0.25) is 5.88 Å². The van der Waals surface area contributed by atoms with Crippen LogP contribution in [-0.4, -0.2) is 15.1 Å². The Morgan fingerprint density at radius 1 is 1.38 bits per heavy atom. The van der Waals surface area contributed by atoms with Crippen LogP contribution in [0.15, 0.2) is 23.6 Å². The number of rotatable bonds is 1. The van der Waals surface area contributed by atoms with E-state index in [-0.39, 0.29) is 10.4 Å². The highest BCUT2D eigenvalue weighted by atomic mass is 79.9. The molecule has 0 saturated carbocycles. The molecule has 16 heavy (non-hydrogen) atoms. The molecule has 2 heterocycles. The van der Waals surface area contributed by atoms with Gasteiger partial charge in [-0.1, -0.05) is 0 Å². The Balaban J connectivity index is 2.61. The van der Waals surface area contributed by atoms with Gasteiger partial charge in [0.25, 0.3) is 5.56 Å². The largest absolute Gasteiger partial charge is 0.492 e. The van der Waals surface area contributed by atoms with Gasteiger partial charge >= 0.3 is 0 Å². The Kier molecular flexibility index (Phi) is 3.53. The lowest BCUT2D eigenvalue weighted by Gasteiger charge is -1.98. The van der Waals surface area contributed by atoms with Crippen molar-refractivity contribution >= 4 is 59.1 Å². The summed E-state index contributed by atoms with van der Waals surface area (Å²) in [5.74, 6) is 0.0153. The lowest BCUT2D eigenvalue weighted by atomic mass is 10.4. The summed E-state index contributed by atoms with van der Waals surface area (Å²) < 4.78 is 1.80. The predicted octanol–water partition coefficient (Wildman–Crippen LogP) is 3.49. The summed E-state index contributed by atoms with van der Waals surface area (Å²) in [5, 5.41) is 9.42. The van der Waals surface area contributed by atoms with Gasteiger partial charge in [-0.25, -0.2) is 0 Å². The van der Waals surface area contributed by atoms with Gasteiger partial charge in [-0.2, -0.15) is 4.98 Å². The Morgan fingerprint density at radius 3 is 2.56 bits per heavy atom. The van der Waals surface area contributed by atoms with Crippen LogP contribution in [0.25, 0.3) is 10.7 Å². The van der Waals surface area contributed by atoms with E-state index in [2.05, 4.69) is 57.8 Å². The molecule has 8 heteroatoms. The molecular weight excluding hydrogens is 428 g/mol. The molecule has 84 valence electrons. The highest BCUT2D eigenvalue weighted by molar-refractivity contribution is 9.13. The van der Waals surface area contributed by atoms with E-state index in [9.17, 15) is 9.90 Å². The predicted molar refractivity (Wildman–Crippen MR) is 72.9 cm³/mol. The van der Waals surface area contributed by atoms with Gasteiger partial charge in [0, 0.05) is 4.47 Å². The third-order valence-electron chi connectivity index (χ3n) is 1.72. The smallest absolute Gasteiger partial charge is 0.269 e. The lowest BCUT2D eigenvalue weighted by Crippen LogP contribution is -2.09. The second kappa shape index (κ2) is 4.59. The topological polar surface area (TPSA) is 66.0 Å². The maximum absolute atomic E-state index is 11.4. The van der Waals surface area contributed by atoms with E-state index in [0.29, 0.717) is 5.82 Å². The average molecular weight is 431 g/mol. The standard InChI is InChI=1S/C8H3Br3N2O2S/c9-2-1-3(16-5(2)11)6-12-7(14)4(10)8(15)13-6/h1H,(H2,12,13,14,15). The van der Waals surface area contributed by atoms with E-state index in [0.717, 1.165) is 13.1 Å². The molecule has 0 unspecified atom stereocenters. The van der Waals surface area contributed by atoms with Crippen molar-refractivity contribution in [3.63, 3.8) is 0 Å². The number of hydrogen-bond donors (Lipinski definition) is 2. The lowest BCUT2D eigenvalue weighted by molar-refractivity contribution is 0.448. The maximum atomic E-state index is 11.4. The molecule has 0 aliphatic carbocycles. The third-order valence-corrected chi connectivity index (χ3v) is 5.70. The zero-order valence-corrected chi connectivity index (χ0v) is 13.0. The molecular formula is C8H3Br3N2O2S. The van der Waals surface area contributed by atoms with Crippen LogP contribution in [-0.2, 0) is 0 Å². The normalized spacial score (nSPS) is 10.7. The van der Waals surface area contributed by atoms with Crippen molar-refractivity contribution in [3.8, 4) is 16.6 Å². The second-order valence-electron chi connectivity index (χ2n) is 2.78. The molecule has 0 saturated heterocycles. The van der Waals surface area contributed by atoms with Gasteiger partial charge in [0.05, 0.1) is 8.66 Å². The number of aromatic hydroxyl groups is 1. The second-order valence-corrected chi connectivity index (χ2v) is 6.80. The minimum Gasteiger partial charge on any atom is -0.492 e. The molecule has 4 nitrogen and oxygen atoms in total. The van der Waals surface area contributed by atoms with Crippen molar-refractivity contribution < 1.29 is 5.11 Å². The number of halogens is 3. The van der Waals surface area contributed by atoms with Gasteiger partial charge in [0.15, 0.2) is 5.82 Å². The molecule has 0 aliphatic rings. The van der Waals surface area contributed by atoms with Crippen LogP contribution >= 0.6 is 59.1 Å². The quantitative estimate of drug-likeness (QED) is 0.727. The van der Waals surface area contributed by atoms with Gasteiger partial charge in [-0.05, 0) is 53.9 Å². The van der Waals surface area contributed by atoms with E-state index in [4.69, 9.17) is 0 Å². The van der Waals surface area contributed by atoms with E-state index in [1.54, 1.807) is 6.07 Å². The van der Waals surface area contributed by atoms with Crippen LogP contribution in [0.3, 0.4) is 0 Å². The molecule has 0 radical (unpaired) electrons. The first kappa shape index (κ1) is 12.3. The minimum atomic E-state index is -0.414. The molecule has 2 N–H and O–H groups in total. The first-order chi connectivity index (χ1) is 7.49. The molecule has 0 spiro atoms. The van der Waals surface area contributed by atoms with Gasteiger partial charge in [-0.3, -0.25) is 4.79 Å². The van der Waals surface area contributed by atoms with E-state index >= 15 is 0 Å². The summed E-state index contributed by atoms with van der Waals surface area (Å²) in [7, 11) is 0. The van der Waals surface area contributed by atoms with Crippen molar-refractivity contribution in [2.75, 3.05) is 0 Å². The molecule has 0 fully saturated rings. The Hall–Kier alpha value is -0.180. The molecule has 2 aromatic heterocycles. The van der Waals surface area contributed by atoms with Crippen molar-refractivity contribution in [1.29, 1.82) is 0 Å². The number of H-pyrrole nitrogens is 1. The van der Waals surface area contributed by atoms with E-state index in [1.165, 1.54) is 11.3 Å². The fourth-order valence-electron chi connectivity index (χ4n) is 1.03. The number of aromatic nitrogens is 2. The third kappa shape index (κ3) is 2.24. The summed E-state index contributed by atoms with van der Waals surface area (Å²) in [4.78, 5) is 18.6. The van der Waals surface area contributed by atoms with Gasteiger partial charge < -0.3 is 10.1 Å². The molecule has 0 aromatic carbocycles. The number of nitrogens with zero attached hydrogens (tertiary/aromatic N) is 1. The van der Waals surface area contributed by atoms with Crippen molar-refractivity contribution in [2.24, 2.45) is 0 Å². The fraction of sp³-hybridized carbons (Fsp3) is 0. The zero-order chi connectivity index (χ0) is 11.9.